The first-order valence-electron chi connectivity index (χ1n) is 5.84. The monoisotopic (exact) mass is 221 g/mol. The van der Waals surface area contributed by atoms with Gasteiger partial charge < -0.3 is 15.2 Å². The van der Waals surface area contributed by atoms with Crippen LogP contribution in [-0.2, 0) is 0 Å². The van der Waals surface area contributed by atoms with Crippen molar-refractivity contribution in [2.24, 2.45) is 5.92 Å². The number of aliphatic hydroxyl groups excluding tert-OH is 1. The number of rotatable bonds is 3. The van der Waals surface area contributed by atoms with Crippen molar-refractivity contribution in [3.63, 3.8) is 0 Å². The second-order valence-corrected chi connectivity index (χ2v) is 4.32. The number of nitrogens with one attached hydrogen (secondary N) is 1. The van der Waals surface area contributed by atoms with Crippen LogP contribution in [0.4, 0.5) is 0 Å². The number of piperidine rings is 1. The third kappa shape index (κ3) is 2.54. The first kappa shape index (κ1) is 11.4. The molecule has 2 unspecified atom stereocenters. The molecule has 1 aromatic rings. The van der Waals surface area contributed by atoms with E-state index in [9.17, 15) is 5.11 Å². The Balaban J connectivity index is 2.04. The Hall–Kier alpha value is -1.06. The van der Waals surface area contributed by atoms with Gasteiger partial charge in [-0.3, -0.25) is 0 Å². The number of hydrogen-bond donors (Lipinski definition) is 2. The molecule has 3 heteroatoms. The van der Waals surface area contributed by atoms with E-state index in [0.29, 0.717) is 5.92 Å². The maximum absolute atomic E-state index is 10.2. The number of aliphatic hydroxyl groups is 1. The van der Waals surface area contributed by atoms with Gasteiger partial charge in [-0.25, -0.2) is 0 Å². The highest BCUT2D eigenvalue weighted by Crippen LogP contribution is 2.28. The maximum atomic E-state index is 10.2. The van der Waals surface area contributed by atoms with E-state index in [4.69, 9.17) is 4.74 Å². The zero-order chi connectivity index (χ0) is 11.4. The first-order chi connectivity index (χ1) is 7.81. The normalized spacial score (nSPS) is 22.8. The Kier molecular flexibility index (Phi) is 3.80. The SMILES string of the molecule is COc1ccc(C(O)C2CCCNC2)cc1. The van der Waals surface area contributed by atoms with Crippen LogP contribution in [0, 0.1) is 5.92 Å². The molecule has 1 aliphatic rings. The van der Waals surface area contributed by atoms with E-state index >= 15 is 0 Å². The van der Waals surface area contributed by atoms with Gasteiger partial charge in [-0.15, -0.1) is 0 Å². The predicted molar refractivity (Wildman–Crippen MR) is 63.5 cm³/mol. The average molecular weight is 221 g/mol. The van der Waals surface area contributed by atoms with Crippen molar-refractivity contribution in [3.8, 4) is 5.75 Å². The Morgan fingerprint density at radius 1 is 1.38 bits per heavy atom. The standard InChI is InChI=1S/C13H19NO2/c1-16-12-6-4-10(5-7-12)13(15)11-3-2-8-14-9-11/h4-7,11,13-15H,2-3,8-9H2,1H3. The zero-order valence-corrected chi connectivity index (χ0v) is 9.65. The van der Waals surface area contributed by atoms with E-state index in [1.165, 1.54) is 0 Å². The van der Waals surface area contributed by atoms with Gasteiger partial charge in [0.2, 0.25) is 0 Å². The molecule has 1 aromatic carbocycles. The fraction of sp³-hybridized carbons (Fsp3) is 0.538. The molecule has 0 saturated carbocycles. The van der Waals surface area contributed by atoms with Crippen molar-refractivity contribution in [3.05, 3.63) is 29.8 Å². The van der Waals surface area contributed by atoms with Crippen LogP contribution < -0.4 is 10.1 Å². The molecular weight excluding hydrogens is 202 g/mol. The topological polar surface area (TPSA) is 41.5 Å². The van der Waals surface area contributed by atoms with Crippen molar-refractivity contribution in [1.82, 2.24) is 5.32 Å². The van der Waals surface area contributed by atoms with Crippen LogP contribution in [0.1, 0.15) is 24.5 Å². The van der Waals surface area contributed by atoms with Crippen LogP contribution >= 0.6 is 0 Å². The number of benzene rings is 1. The van der Waals surface area contributed by atoms with Crippen LogP contribution in [0.15, 0.2) is 24.3 Å². The summed E-state index contributed by atoms with van der Waals surface area (Å²) in [6.45, 7) is 1.99. The van der Waals surface area contributed by atoms with Crippen LogP contribution in [0.25, 0.3) is 0 Å². The van der Waals surface area contributed by atoms with E-state index in [1.54, 1.807) is 7.11 Å². The van der Waals surface area contributed by atoms with Crippen LogP contribution in [-0.4, -0.2) is 25.3 Å². The van der Waals surface area contributed by atoms with Gasteiger partial charge in [0.05, 0.1) is 13.2 Å². The zero-order valence-electron chi connectivity index (χ0n) is 9.65. The largest absolute Gasteiger partial charge is 0.497 e. The van der Waals surface area contributed by atoms with Crippen molar-refractivity contribution in [1.29, 1.82) is 0 Å². The summed E-state index contributed by atoms with van der Waals surface area (Å²) in [5, 5.41) is 13.6. The summed E-state index contributed by atoms with van der Waals surface area (Å²) in [7, 11) is 1.65. The Labute approximate surface area is 96.4 Å². The molecule has 2 rings (SSSR count). The Bertz CT molecular complexity index is 317. The molecule has 2 N–H and O–H groups in total. The van der Waals surface area contributed by atoms with Gasteiger partial charge in [0.25, 0.3) is 0 Å². The number of hydrogen-bond acceptors (Lipinski definition) is 3. The van der Waals surface area contributed by atoms with E-state index in [0.717, 1.165) is 37.2 Å². The lowest BCUT2D eigenvalue weighted by atomic mass is 9.89. The minimum Gasteiger partial charge on any atom is -0.497 e. The van der Waals surface area contributed by atoms with Gasteiger partial charge in [-0.2, -0.15) is 0 Å². The fourth-order valence-electron chi connectivity index (χ4n) is 2.22. The van der Waals surface area contributed by atoms with Gasteiger partial charge in [-0.05, 0) is 37.1 Å². The molecule has 3 nitrogen and oxygen atoms in total. The molecule has 1 fully saturated rings. The summed E-state index contributed by atoms with van der Waals surface area (Å²) in [5.74, 6) is 1.17. The summed E-state index contributed by atoms with van der Waals surface area (Å²) in [4.78, 5) is 0. The lowest BCUT2D eigenvalue weighted by Gasteiger charge is -2.27. The molecule has 0 aromatic heterocycles. The molecular formula is C13H19NO2. The summed E-state index contributed by atoms with van der Waals surface area (Å²) in [6, 6.07) is 7.68. The molecule has 0 spiro atoms. The van der Waals surface area contributed by atoms with E-state index in [-0.39, 0.29) is 6.10 Å². The highest BCUT2D eigenvalue weighted by atomic mass is 16.5. The second-order valence-electron chi connectivity index (χ2n) is 4.32. The fourth-order valence-corrected chi connectivity index (χ4v) is 2.22. The maximum Gasteiger partial charge on any atom is 0.118 e. The molecule has 0 radical (unpaired) electrons. The summed E-state index contributed by atoms with van der Waals surface area (Å²) in [5.41, 5.74) is 0.981. The van der Waals surface area contributed by atoms with Gasteiger partial charge in [0.15, 0.2) is 0 Å². The van der Waals surface area contributed by atoms with Crippen LogP contribution in [0.3, 0.4) is 0 Å². The molecule has 0 bridgehead atoms. The van der Waals surface area contributed by atoms with Gasteiger partial charge >= 0.3 is 0 Å². The van der Waals surface area contributed by atoms with E-state index in [2.05, 4.69) is 5.32 Å². The molecule has 0 amide bonds. The minimum atomic E-state index is -0.362. The molecule has 1 aliphatic heterocycles. The lowest BCUT2D eigenvalue weighted by molar-refractivity contribution is 0.0921. The second kappa shape index (κ2) is 5.32. The van der Waals surface area contributed by atoms with Crippen molar-refractivity contribution >= 4 is 0 Å². The van der Waals surface area contributed by atoms with Gasteiger partial charge in [0, 0.05) is 12.5 Å². The van der Waals surface area contributed by atoms with Crippen molar-refractivity contribution in [2.75, 3.05) is 20.2 Å². The smallest absolute Gasteiger partial charge is 0.118 e. The average Bonchev–Trinajstić information content (AvgIpc) is 2.39. The summed E-state index contributed by atoms with van der Waals surface area (Å²) < 4.78 is 5.10. The highest BCUT2D eigenvalue weighted by molar-refractivity contribution is 5.28. The van der Waals surface area contributed by atoms with E-state index in [1.807, 2.05) is 24.3 Å². The third-order valence-corrected chi connectivity index (χ3v) is 3.24. The number of ether oxygens (including phenoxy) is 1. The van der Waals surface area contributed by atoms with Crippen LogP contribution in [0.2, 0.25) is 0 Å². The molecule has 2 atom stereocenters. The lowest BCUT2D eigenvalue weighted by Crippen LogP contribution is -2.33. The van der Waals surface area contributed by atoms with Crippen molar-refractivity contribution < 1.29 is 9.84 Å². The third-order valence-electron chi connectivity index (χ3n) is 3.24. The van der Waals surface area contributed by atoms with Crippen molar-refractivity contribution in [2.45, 2.75) is 18.9 Å². The molecule has 1 heterocycles. The number of methoxy groups -OCH3 is 1. The van der Waals surface area contributed by atoms with Crippen LogP contribution in [0.5, 0.6) is 5.75 Å². The molecule has 16 heavy (non-hydrogen) atoms. The summed E-state index contributed by atoms with van der Waals surface area (Å²) >= 11 is 0. The predicted octanol–water partition coefficient (Wildman–Crippen LogP) is 1.73. The van der Waals surface area contributed by atoms with E-state index < -0.39 is 0 Å². The quantitative estimate of drug-likeness (QED) is 0.816. The highest BCUT2D eigenvalue weighted by Gasteiger charge is 2.22. The first-order valence-corrected chi connectivity index (χ1v) is 5.84. The Morgan fingerprint density at radius 2 is 2.12 bits per heavy atom. The molecule has 0 aliphatic carbocycles. The Morgan fingerprint density at radius 3 is 2.69 bits per heavy atom. The molecule has 88 valence electrons. The van der Waals surface area contributed by atoms with Gasteiger partial charge in [-0.1, -0.05) is 12.1 Å². The molecule has 1 saturated heterocycles. The minimum absolute atomic E-state index is 0.335. The van der Waals surface area contributed by atoms with Gasteiger partial charge in [0.1, 0.15) is 5.75 Å². The summed E-state index contributed by atoms with van der Waals surface area (Å²) in [6.07, 6.45) is 1.89.